The molecule has 4 aliphatic rings. The summed E-state index contributed by atoms with van der Waals surface area (Å²) in [5, 5.41) is 12.2. The van der Waals surface area contributed by atoms with Crippen LogP contribution >= 0.6 is 0 Å². The van der Waals surface area contributed by atoms with Crippen LogP contribution in [0.1, 0.15) is 74.1 Å². The van der Waals surface area contributed by atoms with Crippen molar-refractivity contribution in [2.24, 2.45) is 17.8 Å². The Balaban J connectivity index is 1.95. The van der Waals surface area contributed by atoms with E-state index in [1.807, 2.05) is 40.7 Å². The Morgan fingerprint density at radius 2 is 1.87 bits per heavy atom. The SMILES string of the molecule is CC(C)=CCC1=C2OC(C)(C)[C@H]3CC[C@]4(C)C[C@H]3[C@@]2(O)C(=C(OC(=O)C(C)C)C1=O)O4. The second kappa shape index (κ2) is 6.96. The third-order valence-electron chi connectivity index (χ3n) is 7.31. The van der Waals surface area contributed by atoms with E-state index in [9.17, 15) is 14.7 Å². The zero-order chi connectivity index (χ0) is 22.9. The molecule has 0 aromatic heterocycles. The highest BCUT2D eigenvalue weighted by atomic mass is 16.6. The normalized spacial score (nSPS) is 35.5. The van der Waals surface area contributed by atoms with Crippen molar-refractivity contribution in [1.82, 2.24) is 0 Å². The molecule has 0 amide bonds. The van der Waals surface area contributed by atoms with E-state index < -0.39 is 34.5 Å². The molecule has 3 fully saturated rings. The molecular weight excluding hydrogens is 396 g/mol. The summed E-state index contributed by atoms with van der Waals surface area (Å²) in [7, 11) is 0. The van der Waals surface area contributed by atoms with Gasteiger partial charge in [0.25, 0.3) is 0 Å². The highest BCUT2D eigenvalue weighted by Gasteiger charge is 2.69. The number of Topliss-reactive ketones (excluding diaryl/α,β-unsaturated/α-hetero) is 1. The van der Waals surface area contributed by atoms with E-state index >= 15 is 0 Å². The first kappa shape index (κ1) is 22.1. The van der Waals surface area contributed by atoms with Crippen molar-refractivity contribution < 1.29 is 28.9 Å². The van der Waals surface area contributed by atoms with Crippen LogP contribution in [0.3, 0.4) is 0 Å². The highest BCUT2D eigenvalue weighted by Crippen LogP contribution is 2.63. The fourth-order valence-electron chi connectivity index (χ4n) is 5.57. The molecule has 4 atom stereocenters. The van der Waals surface area contributed by atoms with Gasteiger partial charge in [-0.25, -0.2) is 0 Å². The largest absolute Gasteiger partial charge is 0.488 e. The molecule has 2 bridgehead atoms. The number of carbonyl (C=O) groups excluding carboxylic acids is 2. The van der Waals surface area contributed by atoms with Gasteiger partial charge in [-0.2, -0.15) is 0 Å². The lowest BCUT2D eigenvalue weighted by atomic mass is 9.55. The van der Waals surface area contributed by atoms with Gasteiger partial charge < -0.3 is 19.3 Å². The standard InChI is InChI=1S/C25H34O6/c1-13(2)8-9-15-18(26)19(29-22(27)14(3)4)21-25(28)17-12-24(7,31-21)11-10-16(17)23(5,6)30-20(15)25/h8,14,16-17,28H,9-12H2,1-7H3/t16-,17+,24+,25-/m0/s1. The van der Waals surface area contributed by atoms with Gasteiger partial charge in [-0.3, -0.25) is 9.59 Å². The maximum atomic E-state index is 13.6. The number of esters is 1. The monoisotopic (exact) mass is 430 g/mol. The zero-order valence-corrected chi connectivity index (χ0v) is 19.6. The van der Waals surface area contributed by atoms with E-state index in [1.165, 1.54) is 0 Å². The molecule has 6 heteroatoms. The second-order valence-electron chi connectivity index (χ2n) is 10.8. The summed E-state index contributed by atoms with van der Waals surface area (Å²) in [6, 6.07) is 0. The Morgan fingerprint density at radius 1 is 1.19 bits per heavy atom. The molecule has 31 heavy (non-hydrogen) atoms. The predicted molar refractivity (Wildman–Crippen MR) is 114 cm³/mol. The average Bonchev–Trinajstić information content (AvgIpc) is 2.65. The predicted octanol–water partition coefficient (Wildman–Crippen LogP) is 4.34. The molecule has 6 nitrogen and oxygen atoms in total. The fourth-order valence-corrected chi connectivity index (χ4v) is 5.57. The Labute approximate surface area is 184 Å². The maximum Gasteiger partial charge on any atom is 0.314 e. The number of allylic oxidation sites excluding steroid dienone is 3. The Morgan fingerprint density at radius 3 is 2.48 bits per heavy atom. The van der Waals surface area contributed by atoms with Crippen molar-refractivity contribution in [2.45, 2.75) is 91.0 Å². The lowest BCUT2D eigenvalue weighted by Crippen LogP contribution is -2.67. The first-order valence-electron chi connectivity index (χ1n) is 11.3. The van der Waals surface area contributed by atoms with Crippen LogP contribution in [0.15, 0.2) is 34.5 Å². The molecule has 2 aliphatic heterocycles. The van der Waals surface area contributed by atoms with Crippen LogP contribution in [0.2, 0.25) is 0 Å². The number of aliphatic hydroxyl groups is 1. The molecule has 2 heterocycles. The summed E-state index contributed by atoms with van der Waals surface area (Å²) in [5.74, 6) is -1.34. The molecule has 2 saturated heterocycles. The smallest absolute Gasteiger partial charge is 0.314 e. The van der Waals surface area contributed by atoms with Gasteiger partial charge in [-0.15, -0.1) is 0 Å². The fraction of sp³-hybridized carbons (Fsp3) is 0.680. The summed E-state index contributed by atoms with van der Waals surface area (Å²) in [4.78, 5) is 26.1. The summed E-state index contributed by atoms with van der Waals surface area (Å²) < 4.78 is 18.3. The van der Waals surface area contributed by atoms with E-state index in [-0.39, 0.29) is 29.1 Å². The average molecular weight is 431 g/mol. The third kappa shape index (κ3) is 3.25. The molecule has 0 spiro atoms. The first-order valence-corrected chi connectivity index (χ1v) is 11.3. The van der Waals surface area contributed by atoms with Crippen LogP contribution in [-0.4, -0.2) is 33.7 Å². The van der Waals surface area contributed by atoms with Gasteiger partial charge in [0.1, 0.15) is 17.0 Å². The molecule has 4 rings (SSSR count). The molecule has 1 saturated carbocycles. The van der Waals surface area contributed by atoms with Crippen molar-refractivity contribution in [1.29, 1.82) is 0 Å². The Kier molecular flexibility index (Phi) is 4.97. The van der Waals surface area contributed by atoms with Gasteiger partial charge in [-0.05, 0) is 60.3 Å². The number of ether oxygens (including phenoxy) is 3. The van der Waals surface area contributed by atoms with E-state index in [4.69, 9.17) is 14.2 Å². The van der Waals surface area contributed by atoms with Gasteiger partial charge in [0.2, 0.25) is 11.5 Å². The first-order chi connectivity index (χ1) is 14.3. The third-order valence-corrected chi connectivity index (χ3v) is 7.31. The van der Waals surface area contributed by atoms with Crippen molar-refractivity contribution in [3.05, 3.63) is 34.5 Å². The lowest BCUT2D eigenvalue weighted by molar-refractivity contribution is -0.251. The molecule has 170 valence electrons. The zero-order valence-electron chi connectivity index (χ0n) is 19.6. The molecule has 0 aromatic rings. The molecular formula is C25H34O6. The minimum atomic E-state index is -1.61. The highest BCUT2D eigenvalue weighted by molar-refractivity contribution is 6.10. The quantitative estimate of drug-likeness (QED) is 0.528. The van der Waals surface area contributed by atoms with E-state index in [0.29, 0.717) is 18.4 Å². The topological polar surface area (TPSA) is 82.1 Å². The van der Waals surface area contributed by atoms with Gasteiger partial charge in [0.05, 0.1) is 5.92 Å². The van der Waals surface area contributed by atoms with Crippen molar-refractivity contribution in [3.63, 3.8) is 0 Å². The van der Waals surface area contributed by atoms with Crippen LogP contribution in [-0.2, 0) is 23.8 Å². The number of carbonyl (C=O) groups is 2. The molecule has 0 radical (unpaired) electrons. The summed E-state index contributed by atoms with van der Waals surface area (Å²) in [6.07, 6.45) is 4.51. The van der Waals surface area contributed by atoms with E-state index in [0.717, 1.165) is 18.4 Å². The molecule has 0 aromatic carbocycles. The minimum Gasteiger partial charge on any atom is -0.488 e. The number of hydrogen-bond acceptors (Lipinski definition) is 6. The molecule has 2 aliphatic carbocycles. The van der Waals surface area contributed by atoms with Crippen molar-refractivity contribution in [3.8, 4) is 0 Å². The van der Waals surface area contributed by atoms with Crippen LogP contribution < -0.4 is 0 Å². The van der Waals surface area contributed by atoms with Crippen LogP contribution in [0.5, 0.6) is 0 Å². The Hall–Kier alpha value is -2.08. The van der Waals surface area contributed by atoms with Gasteiger partial charge in [-0.1, -0.05) is 25.5 Å². The van der Waals surface area contributed by atoms with Gasteiger partial charge in [0, 0.05) is 17.4 Å². The van der Waals surface area contributed by atoms with Gasteiger partial charge in [0.15, 0.2) is 11.4 Å². The van der Waals surface area contributed by atoms with E-state index in [2.05, 4.69) is 0 Å². The summed E-state index contributed by atoms with van der Waals surface area (Å²) in [5.41, 5.74) is -1.27. The minimum absolute atomic E-state index is 0.0569. The Bertz CT molecular complexity index is 932. The second-order valence-corrected chi connectivity index (χ2v) is 10.8. The molecule has 1 N–H and O–H groups in total. The van der Waals surface area contributed by atoms with Gasteiger partial charge >= 0.3 is 5.97 Å². The lowest BCUT2D eigenvalue weighted by Gasteiger charge is -2.62. The van der Waals surface area contributed by atoms with Crippen molar-refractivity contribution in [2.75, 3.05) is 0 Å². The summed E-state index contributed by atoms with van der Waals surface area (Å²) in [6.45, 7) is 13.4. The van der Waals surface area contributed by atoms with Crippen LogP contribution in [0.25, 0.3) is 0 Å². The number of ketones is 1. The van der Waals surface area contributed by atoms with Crippen LogP contribution in [0.4, 0.5) is 0 Å². The summed E-state index contributed by atoms with van der Waals surface area (Å²) >= 11 is 0. The number of fused-ring (bicyclic) bond motifs is 1. The van der Waals surface area contributed by atoms with Crippen molar-refractivity contribution >= 4 is 11.8 Å². The molecule has 0 unspecified atom stereocenters. The number of rotatable bonds is 4. The maximum absolute atomic E-state index is 13.6. The van der Waals surface area contributed by atoms with E-state index in [1.54, 1.807) is 13.8 Å². The van der Waals surface area contributed by atoms with Crippen LogP contribution in [0, 0.1) is 17.8 Å². The number of hydrogen-bond donors (Lipinski definition) is 1.